The zero-order chi connectivity index (χ0) is 14.7. The molecule has 1 aliphatic heterocycles. The third-order valence-corrected chi connectivity index (χ3v) is 5.30. The van der Waals surface area contributed by atoms with Crippen LogP contribution in [0.15, 0.2) is 29.3 Å². The van der Waals surface area contributed by atoms with Crippen molar-refractivity contribution in [2.24, 2.45) is 10.4 Å². The molecular weight excluding hydrogens is 385 g/mol. The van der Waals surface area contributed by atoms with Crippen LogP contribution in [0.1, 0.15) is 36.8 Å². The number of hydrogen-bond acceptors (Lipinski definition) is 1. The van der Waals surface area contributed by atoms with Gasteiger partial charge in [-0.2, -0.15) is 0 Å². The Kier molecular flexibility index (Phi) is 6.12. The second-order valence-corrected chi connectivity index (χ2v) is 6.68. The fourth-order valence-electron chi connectivity index (χ4n) is 3.73. The molecule has 1 spiro atoms. The van der Waals surface area contributed by atoms with Gasteiger partial charge in [0, 0.05) is 26.7 Å². The quantitative estimate of drug-likeness (QED) is 0.466. The lowest BCUT2D eigenvalue weighted by molar-refractivity contribution is 0.151. The lowest BCUT2D eigenvalue weighted by Gasteiger charge is -2.38. The van der Waals surface area contributed by atoms with E-state index in [0.717, 1.165) is 18.9 Å². The standard InChI is InChI=1S/C18H27N3.HI/c1-15-6-3-4-7-16(15)8-12-20-17(19-2)21-13-11-18(14-21)9-5-10-18;/h3-4,6-7H,5,8-14H2,1-2H3,(H,19,20);1H. The summed E-state index contributed by atoms with van der Waals surface area (Å²) in [5, 5.41) is 3.55. The van der Waals surface area contributed by atoms with Gasteiger partial charge in [-0.3, -0.25) is 4.99 Å². The molecule has 0 atom stereocenters. The summed E-state index contributed by atoms with van der Waals surface area (Å²) >= 11 is 0. The molecule has 0 unspecified atom stereocenters. The van der Waals surface area contributed by atoms with Crippen LogP contribution in [0.5, 0.6) is 0 Å². The molecule has 3 nitrogen and oxygen atoms in total. The number of rotatable bonds is 3. The van der Waals surface area contributed by atoms with Crippen LogP contribution >= 0.6 is 24.0 Å². The van der Waals surface area contributed by atoms with Crippen molar-refractivity contribution < 1.29 is 0 Å². The number of halogens is 1. The van der Waals surface area contributed by atoms with Crippen molar-refractivity contribution in [3.63, 3.8) is 0 Å². The van der Waals surface area contributed by atoms with Crippen molar-refractivity contribution in [2.75, 3.05) is 26.7 Å². The minimum Gasteiger partial charge on any atom is -0.356 e. The van der Waals surface area contributed by atoms with E-state index in [2.05, 4.69) is 46.4 Å². The molecule has 1 N–H and O–H groups in total. The Hall–Kier alpha value is -0.780. The maximum absolute atomic E-state index is 4.48. The number of aryl methyl sites for hydroxylation is 1. The maximum Gasteiger partial charge on any atom is 0.193 e. The summed E-state index contributed by atoms with van der Waals surface area (Å²) < 4.78 is 0. The second-order valence-electron chi connectivity index (χ2n) is 6.68. The predicted molar refractivity (Wildman–Crippen MR) is 104 cm³/mol. The minimum atomic E-state index is 0. The Morgan fingerprint density at radius 1 is 1.27 bits per heavy atom. The molecule has 1 saturated carbocycles. The molecule has 4 heteroatoms. The number of aliphatic imine (C=N–C) groups is 1. The maximum atomic E-state index is 4.48. The highest BCUT2D eigenvalue weighted by Gasteiger charge is 2.43. The average molecular weight is 413 g/mol. The van der Waals surface area contributed by atoms with Gasteiger partial charge in [-0.25, -0.2) is 0 Å². The van der Waals surface area contributed by atoms with Crippen LogP contribution in [0.25, 0.3) is 0 Å². The summed E-state index contributed by atoms with van der Waals surface area (Å²) in [6, 6.07) is 8.63. The van der Waals surface area contributed by atoms with Gasteiger partial charge in [0.15, 0.2) is 5.96 Å². The summed E-state index contributed by atoms with van der Waals surface area (Å²) in [5.74, 6) is 1.09. The predicted octanol–water partition coefficient (Wildman–Crippen LogP) is 3.61. The Morgan fingerprint density at radius 3 is 2.64 bits per heavy atom. The number of benzene rings is 1. The van der Waals surface area contributed by atoms with Gasteiger partial charge >= 0.3 is 0 Å². The van der Waals surface area contributed by atoms with Crippen LogP contribution in [-0.4, -0.2) is 37.5 Å². The van der Waals surface area contributed by atoms with Crippen LogP contribution in [-0.2, 0) is 6.42 Å². The van der Waals surface area contributed by atoms with E-state index >= 15 is 0 Å². The first-order chi connectivity index (χ1) is 10.2. The van der Waals surface area contributed by atoms with Gasteiger partial charge in [-0.1, -0.05) is 30.7 Å². The Bertz CT molecular complexity index is 523. The molecule has 22 heavy (non-hydrogen) atoms. The van der Waals surface area contributed by atoms with E-state index in [1.54, 1.807) is 0 Å². The molecule has 2 fully saturated rings. The van der Waals surface area contributed by atoms with Gasteiger partial charge in [0.05, 0.1) is 0 Å². The lowest BCUT2D eigenvalue weighted by atomic mass is 9.68. The van der Waals surface area contributed by atoms with Crippen molar-refractivity contribution in [1.82, 2.24) is 10.2 Å². The zero-order valence-electron chi connectivity index (χ0n) is 13.8. The van der Waals surface area contributed by atoms with Crippen molar-refractivity contribution >= 4 is 29.9 Å². The van der Waals surface area contributed by atoms with Crippen LogP contribution < -0.4 is 5.32 Å². The summed E-state index contributed by atoms with van der Waals surface area (Å²) in [4.78, 5) is 6.93. The Labute approximate surface area is 151 Å². The van der Waals surface area contributed by atoms with Crippen molar-refractivity contribution in [3.05, 3.63) is 35.4 Å². The van der Waals surface area contributed by atoms with E-state index in [4.69, 9.17) is 0 Å². The van der Waals surface area contributed by atoms with E-state index in [0.29, 0.717) is 5.41 Å². The van der Waals surface area contributed by atoms with Crippen LogP contribution in [0.2, 0.25) is 0 Å². The Balaban J connectivity index is 0.00000176. The molecule has 122 valence electrons. The highest BCUT2D eigenvalue weighted by Crippen LogP contribution is 2.47. The lowest BCUT2D eigenvalue weighted by Crippen LogP contribution is -2.43. The summed E-state index contributed by atoms with van der Waals surface area (Å²) in [6.07, 6.45) is 6.68. The van der Waals surface area contributed by atoms with Gasteiger partial charge in [-0.05, 0) is 49.1 Å². The molecule has 0 radical (unpaired) electrons. The largest absolute Gasteiger partial charge is 0.356 e. The number of guanidine groups is 1. The highest BCUT2D eigenvalue weighted by atomic mass is 127. The zero-order valence-corrected chi connectivity index (χ0v) is 16.1. The van der Waals surface area contributed by atoms with Crippen molar-refractivity contribution in [2.45, 2.75) is 39.0 Å². The number of nitrogens with zero attached hydrogens (tertiary/aromatic N) is 2. The van der Waals surface area contributed by atoms with Gasteiger partial charge in [0.2, 0.25) is 0 Å². The molecule has 0 bridgehead atoms. The van der Waals surface area contributed by atoms with E-state index < -0.39 is 0 Å². The van der Waals surface area contributed by atoms with Crippen molar-refractivity contribution in [1.29, 1.82) is 0 Å². The van der Waals surface area contributed by atoms with Gasteiger partial charge in [-0.15, -0.1) is 24.0 Å². The molecule has 0 amide bonds. The second kappa shape index (κ2) is 7.66. The summed E-state index contributed by atoms with van der Waals surface area (Å²) in [7, 11) is 1.90. The molecule has 3 rings (SSSR count). The number of nitrogens with one attached hydrogen (secondary N) is 1. The first-order valence-corrected chi connectivity index (χ1v) is 8.23. The minimum absolute atomic E-state index is 0. The first-order valence-electron chi connectivity index (χ1n) is 8.23. The molecule has 1 aromatic rings. The monoisotopic (exact) mass is 413 g/mol. The van der Waals surface area contributed by atoms with E-state index in [1.807, 2.05) is 7.05 Å². The molecule has 1 aromatic carbocycles. The SMILES string of the molecule is CN=C(NCCc1ccccc1C)N1CCC2(CCC2)C1.I. The summed E-state index contributed by atoms with van der Waals surface area (Å²) in [5.41, 5.74) is 3.44. The molecule has 1 aliphatic carbocycles. The molecule has 1 saturated heterocycles. The molecular formula is C18H28IN3. The first kappa shape index (κ1) is 17.6. The van der Waals surface area contributed by atoms with Crippen LogP contribution in [0.3, 0.4) is 0 Å². The molecule has 1 heterocycles. The van der Waals surface area contributed by atoms with Crippen LogP contribution in [0.4, 0.5) is 0 Å². The van der Waals surface area contributed by atoms with Gasteiger partial charge < -0.3 is 10.2 Å². The number of likely N-dealkylation sites (tertiary alicyclic amines) is 1. The molecule has 0 aromatic heterocycles. The van der Waals surface area contributed by atoms with Gasteiger partial charge in [0.1, 0.15) is 0 Å². The fraction of sp³-hybridized carbons (Fsp3) is 0.611. The normalized spacial score (nSPS) is 19.7. The van der Waals surface area contributed by atoms with Crippen molar-refractivity contribution in [3.8, 4) is 0 Å². The highest BCUT2D eigenvalue weighted by molar-refractivity contribution is 14.0. The fourth-order valence-corrected chi connectivity index (χ4v) is 3.73. The third-order valence-electron chi connectivity index (χ3n) is 5.30. The third kappa shape index (κ3) is 3.76. The van der Waals surface area contributed by atoms with E-state index in [9.17, 15) is 0 Å². The number of hydrogen-bond donors (Lipinski definition) is 1. The Morgan fingerprint density at radius 2 is 2.05 bits per heavy atom. The topological polar surface area (TPSA) is 27.6 Å². The van der Waals surface area contributed by atoms with Gasteiger partial charge in [0.25, 0.3) is 0 Å². The smallest absolute Gasteiger partial charge is 0.193 e. The van der Waals surface area contributed by atoms with E-state index in [1.165, 1.54) is 49.9 Å². The average Bonchev–Trinajstić information content (AvgIpc) is 2.91. The summed E-state index contributed by atoms with van der Waals surface area (Å²) in [6.45, 7) is 5.52. The van der Waals surface area contributed by atoms with Crippen LogP contribution in [0, 0.1) is 12.3 Å². The molecule has 2 aliphatic rings. The van der Waals surface area contributed by atoms with E-state index in [-0.39, 0.29) is 24.0 Å².